The zero-order chi connectivity index (χ0) is 55.3. The number of fused-ring (bicyclic) bond motifs is 10. The molecule has 0 aliphatic heterocycles. The molecule has 10 aromatic carbocycles. The molecule has 3 aliphatic rings. The molecular weight excluding hydrogens is 977 g/mol. The Morgan fingerprint density at radius 3 is 0.963 bits per heavy atom. The highest BCUT2D eigenvalue weighted by Crippen LogP contribution is 2.59. The van der Waals surface area contributed by atoms with E-state index in [9.17, 15) is 0 Å². The van der Waals surface area contributed by atoms with Gasteiger partial charge in [0.15, 0.2) is 0 Å². The molecule has 0 atom stereocenters. The van der Waals surface area contributed by atoms with Crippen molar-refractivity contribution in [2.75, 3.05) is 9.80 Å². The highest BCUT2D eigenvalue weighted by molar-refractivity contribution is 6.00. The summed E-state index contributed by atoms with van der Waals surface area (Å²) in [7, 11) is 0. The molecule has 0 radical (unpaired) electrons. The molecule has 0 saturated heterocycles. The molecule has 0 saturated carbocycles. The van der Waals surface area contributed by atoms with E-state index in [2.05, 4.69) is 270 Å². The van der Waals surface area contributed by atoms with Gasteiger partial charge < -0.3 is 9.80 Å². The van der Waals surface area contributed by atoms with Crippen molar-refractivity contribution in [2.24, 2.45) is 0 Å². The van der Waals surface area contributed by atoms with Crippen molar-refractivity contribution in [3.8, 4) is 44.5 Å². The number of nitrogens with zero attached hydrogens (tertiary/aromatic N) is 2. The smallest absolute Gasteiger partial charge is 0.0540 e. The Kier molecular flexibility index (Phi) is 13.9. The molecule has 81 heavy (non-hydrogen) atoms. The van der Waals surface area contributed by atoms with Crippen LogP contribution in [0.2, 0.25) is 0 Å². The number of rotatable bonds is 19. The van der Waals surface area contributed by atoms with Crippen molar-refractivity contribution in [3.63, 3.8) is 0 Å². The third-order valence-electron chi connectivity index (χ3n) is 19.2. The van der Waals surface area contributed by atoms with Gasteiger partial charge in [0, 0.05) is 50.1 Å². The van der Waals surface area contributed by atoms with Gasteiger partial charge in [-0.2, -0.15) is 0 Å². The standard InChI is InChI=1S/C79H78N2/c1-7-46-77(47-8-2)70-28-18-15-25-64(70)67-43-40-60(52-73(67)77)80(61-41-44-68-65-26-16-19-29-71(65)78(48-9-3,49-10-4)74(68)53-61)58-36-32-55(33-37-58)56-34-38-59(39-35-56)81(76-31-21-23-57-22-13-14-24-63(57)76)62-42-45-69-66-27-17-20-30-72(66)79(50-11-5,51-12-6)75(69)54-62/h13-45,52-54H,7-12,46-51H2,1-6H3. The molecule has 2 nitrogen and oxygen atoms in total. The minimum atomic E-state index is -0.0195. The number of hydrogen-bond acceptors (Lipinski definition) is 2. The average Bonchev–Trinajstić information content (AvgIpc) is 4.28. The van der Waals surface area contributed by atoms with Gasteiger partial charge in [-0.25, -0.2) is 0 Å². The van der Waals surface area contributed by atoms with Crippen LogP contribution in [0.4, 0.5) is 34.1 Å². The summed E-state index contributed by atoms with van der Waals surface area (Å²) in [6.45, 7) is 14.2. The summed E-state index contributed by atoms with van der Waals surface area (Å²) in [5.41, 5.74) is 26.8. The molecule has 0 heterocycles. The second kappa shape index (κ2) is 21.5. The van der Waals surface area contributed by atoms with Crippen LogP contribution in [0.5, 0.6) is 0 Å². The van der Waals surface area contributed by atoms with E-state index in [1.165, 1.54) is 111 Å². The first-order valence-corrected chi connectivity index (χ1v) is 30.9. The second-order valence-electron chi connectivity index (χ2n) is 23.8. The molecule has 2 heteroatoms. The van der Waals surface area contributed by atoms with Gasteiger partial charge in [-0.1, -0.05) is 232 Å². The molecule has 13 rings (SSSR count). The Bertz CT molecular complexity index is 3790. The molecule has 0 spiro atoms. The van der Waals surface area contributed by atoms with Gasteiger partial charge in [0.25, 0.3) is 0 Å². The van der Waals surface area contributed by atoms with Gasteiger partial charge in [0.1, 0.15) is 0 Å². The predicted octanol–water partition coefficient (Wildman–Crippen LogP) is 23.0. The summed E-state index contributed by atoms with van der Waals surface area (Å²) in [5.74, 6) is 0. The van der Waals surface area contributed by atoms with E-state index in [1.807, 2.05) is 0 Å². The lowest BCUT2D eigenvalue weighted by molar-refractivity contribution is 0.435. The number of benzene rings is 10. The van der Waals surface area contributed by atoms with E-state index in [0.717, 1.165) is 88.4 Å². The van der Waals surface area contributed by atoms with Crippen molar-refractivity contribution in [2.45, 2.75) is 135 Å². The van der Waals surface area contributed by atoms with Crippen LogP contribution in [0.3, 0.4) is 0 Å². The maximum atomic E-state index is 2.58. The van der Waals surface area contributed by atoms with E-state index >= 15 is 0 Å². The van der Waals surface area contributed by atoms with Gasteiger partial charge in [-0.3, -0.25) is 0 Å². The van der Waals surface area contributed by atoms with E-state index in [4.69, 9.17) is 0 Å². The maximum Gasteiger partial charge on any atom is 0.0540 e. The van der Waals surface area contributed by atoms with Crippen molar-refractivity contribution in [1.29, 1.82) is 0 Å². The van der Waals surface area contributed by atoms with Gasteiger partial charge in [-0.05, 0) is 189 Å². The summed E-state index contributed by atoms with van der Waals surface area (Å²) in [6.07, 6.45) is 13.6. The molecule has 3 aliphatic carbocycles. The first-order valence-electron chi connectivity index (χ1n) is 30.9. The largest absolute Gasteiger partial charge is 0.310 e. The topological polar surface area (TPSA) is 6.48 Å². The highest BCUT2D eigenvalue weighted by atomic mass is 15.1. The lowest BCUT2D eigenvalue weighted by atomic mass is 9.71. The summed E-state index contributed by atoms with van der Waals surface area (Å²) in [4.78, 5) is 5.08. The first kappa shape index (κ1) is 52.4. The molecule has 404 valence electrons. The molecule has 0 amide bonds. The number of anilines is 6. The Morgan fingerprint density at radius 2 is 0.568 bits per heavy atom. The summed E-state index contributed by atoms with van der Waals surface area (Å²) < 4.78 is 0. The van der Waals surface area contributed by atoms with Crippen molar-refractivity contribution in [3.05, 3.63) is 252 Å². The van der Waals surface area contributed by atoms with Crippen LogP contribution in [-0.2, 0) is 16.2 Å². The molecular formula is C79H78N2. The minimum absolute atomic E-state index is 0.0103. The van der Waals surface area contributed by atoms with Crippen LogP contribution in [0, 0.1) is 0 Å². The second-order valence-corrected chi connectivity index (χ2v) is 23.8. The quantitative estimate of drug-likeness (QED) is 0.0796. The summed E-state index contributed by atoms with van der Waals surface area (Å²) >= 11 is 0. The third-order valence-corrected chi connectivity index (χ3v) is 19.2. The fraction of sp³-hybridized carbons (Fsp3) is 0.266. The molecule has 0 aromatic heterocycles. The monoisotopic (exact) mass is 1050 g/mol. The Labute approximate surface area is 483 Å². The van der Waals surface area contributed by atoms with E-state index in [-0.39, 0.29) is 16.2 Å². The lowest BCUT2D eigenvalue weighted by Gasteiger charge is -2.34. The zero-order valence-electron chi connectivity index (χ0n) is 48.7. The molecule has 0 bridgehead atoms. The normalized spacial score (nSPS) is 14.4. The molecule has 0 fully saturated rings. The fourth-order valence-electron chi connectivity index (χ4n) is 16.2. The average molecular weight is 1060 g/mol. The van der Waals surface area contributed by atoms with Gasteiger partial charge >= 0.3 is 0 Å². The molecule has 0 unspecified atom stereocenters. The lowest BCUT2D eigenvalue weighted by Crippen LogP contribution is -2.26. The molecule has 10 aromatic rings. The van der Waals surface area contributed by atoms with Crippen LogP contribution < -0.4 is 9.80 Å². The van der Waals surface area contributed by atoms with Crippen LogP contribution >= 0.6 is 0 Å². The predicted molar refractivity (Wildman–Crippen MR) is 347 cm³/mol. The highest BCUT2D eigenvalue weighted by Gasteiger charge is 2.45. The van der Waals surface area contributed by atoms with Crippen molar-refractivity contribution >= 4 is 44.9 Å². The van der Waals surface area contributed by atoms with Crippen molar-refractivity contribution < 1.29 is 0 Å². The van der Waals surface area contributed by atoms with Crippen molar-refractivity contribution in [1.82, 2.24) is 0 Å². The molecule has 0 N–H and O–H groups in total. The summed E-state index contributed by atoms with van der Waals surface area (Å²) in [6, 6.07) is 84.3. The Balaban J connectivity index is 0.919. The minimum Gasteiger partial charge on any atom is -0.310 e. The van der Waals surface area contributed by atoms with Gasteiger partial charge in [-0.15, -0.1) is 0 Å². The van der Waals surface area contributed by atoms with Gasteiger partial charge in [0.2, 0.25) is 0 Å². The van der Waals surface area contributed by atoms with E-state index in [1.54, 1.807) is 0 Å². The van der Waals surface area contributed by atoms with Crippen LogP contribution in [0.15, 0.2) is 218 Å². The van der Waals surface area contributed by atoms with E-state index < -0.39 is 0 Å². The zero-order valence-corrected chi connectivity index (χ0v) is 48.7. The van der Waals surface area contributed by atoms with E-state index in [0.29, 0.717) is 0 Å². The Hall–Kier alpha value is -7.94. The van der Waals surface area contributed by atoms with Gasteiger partial charge in [0.05, 0.1) is 5.69 Å². The first-order chi connectivity index (χ1) is 39.8. The van der Waals surface area contributed by atoms with Crippen LogP contribution in [0.1, 0.15) is 152 Å². The SMILES string of the molecule is CCCC1(CCC)c2ccccc2-c2ccc(N(c3ccc(-c4ccc(N(c5ccc6c(c5)C(CCC)(CCC)c5ccccc5-6)c5cccc6ccccc56)cc4)cc3)c3ccc4c(c3)C(CCC)(CCC)c3ccccc3-4)cc21. The Morgan fingerprint density at radius 1 is 0.259 bits per heavy atom. The summed E-state index contributed by atoms with van der Waals surface area (Å²) in [5, 5.41) is 2.48. The third kappa shape index (κ3) is 8.41. The maximum absolute atomic E-state index is 2.58. The number of hydrogen-bond donors (Lipinski definition) is 0. The van der Waals surface area contributed by atoms with Crippen LogP contribution in [0.25, 0.3) is 55.3 Å². The fourth-order valence-corrected chi connectivity index (χ4v) is 16.2. The van der Waals surface area contributed by atoms with Crippen LogP contribution in [-0.4, -0.2) is 0 Å².